The molecule has 8 nitrogen and oxygen atoms in total. The summed E-state index contributed by atoms with van der Waals surface area (Å²) in [5, 5.41) is 5.41. The molecule has 1 aliphatic rings. The number of amides is 1. The van der Waals surface area contributed by atoms with Gasteiger partial charge in [0.05, 0.1) is 29.8 Å². The number of rotatable bonds is 7. The number of nitrogens with one attached hydrogen (secondary N) is 2. The molecule has 0 radical (unpaired) electrons. The van der Waals surface area contributed by atoms with Gasteiger partial charge in [-0.05, 0) is 31.2 Å². The number of sulfonamides is 1. The lowest BCUT2D eigenvalue weighted by molar-refractivity contribution is -0.117. The van der Waals surface area contributed by atoms with Crippen molar-refractivity contribution >= 4 is 44.0 Å². The topological polar surface area (TPSA) is 101 Å². The predicted molar refractivity (Wildman–Crippen MR) is 108 cm³/mol. The fourth-order valence-corrected chi connectivity index (χ4v) is 4.64. The summed E-state index contributed by atoms with van der Waals surface area (Å²) < 4.78 is 32.4. The maximum absolute atomic E-state index is 12.4. The molecule has 2 aromatic rings. The molecule has 2 N–H and O–H groups in total. The fourth-order valence-electron chi connectivity index (χ4n) is 2.61. The van der Waals surface area contributed by atoms with Crippen LogP contribution in [0, 0.1) is 0 Å². The molecule has 1 aromatic carbocycles. The van der Waals surface area contributed by atoms with Crippen molar-refractivity contribution in [1.29, 1.82) is 0 Å². The highest BCUT2D eigenvalue weighted by atomic mass is 35.5. The Bertz CT molecular complexity index is 911. The molecule has 1 saturated heterocycles. The predicted octanol–water partition coefficient (Wildman–Crippen LogP) is 1.93. The van der Waals surface area contributed by atoms with E-state index in [-0.39, 0.29) is 4.90 Å². The number of hydrogen-bond acceptors (Lipinski definition) is 7. The van der Waals surface area contributed by atoms with Gasteiger partial charge < -0.3 is 10.1 Å². The van der Waals surface area contributed by atoms with Crippen LogP contribution in [-0.4, -0.2) is 56.6 Å². The number of aromatic nitrogens is 1. The van der Waals surface area contributed by atoms with Gasteiger partial charge in [0, 0.05) is 30.0 Å². The summed E-state index contributed by atoms with van der Waals surface area (Å²) in [5.41, 5.74) is 0.858. The van der Waals surface area contributed by atoms with Crippen LogP contribution in [0.25, 0.3) is 0 Å². The van der Waals surface area contributed by atoms with Crippen molar-refractivity contribution in [3.8, 4) is 0 Å². The third-order valence-corrected chi connectivity index (χ3v) is 6.74. The van der Waals surface area contributed by atoms with Crippen LogP contribution in [0.3, 0.4) is 0 Å². The van der Waals surface area contributed by atoms with Crippen LogP contribution in [0.1, 0.15) is 12.6 Å². The highest BCUT2D eigenvalue weighted by Gasteiger charge is 2.23. The molecule has 3 rings (SSSR count). The van der Waals surface area contributed by atoms with Gasteiger partial charge in [0.25, 0.3) is 0 Å². The zero-order valence-electron chi connectivity index (χ0n) is 15.2. The average Bonchev–Trinajstić information content (AvgIpc) is 3.09. The molecule has 152 valence electrons. The van der Waals surface area contributed by atoms with E-state index >= 15 is 0 Å². The molecular formula is C17H21ClN4O4S2. The average molecular weight is 445 g/mol. The first kappa shape index (κ1) is 21.2. The Morgan fingerprint density at radius 2 is 2.00 bits per heavy atom. The summed E-state index contributed by atoms with van der Waals surface area (Å²) in [7, 11) is -3.83. The summed E-state index contributed by atoms with van der Waals surface area (Å²) in [5.74, 6) is -0.482. The number of halogens is 1. The van der Waals surface area contributed by atoms with Crippen LogP contribution < -0.4 is 10.0 Å². The number of carbonyl (C=O) groups is 1. The molecule has 1 aliphatic heterocycles. The third-order valence-electron chi connectivity index (χ3n) is 4.12. The number of thiazole rings is 1. The van der Waals surface area contributed by atoms with E-state index in [4.69, 9.17) is 16.3 Å². The second-order valence-electron chi connectivity index (χ2n) is 6.32. The monoisotopic (exact) mass is 444 g/mol. The van der Waals surface area contributed by atoms with Crippen molar-refractivity contribution in [2.45, 2.75) is 24.4 Å². The molecule has 0 bridgehead atoms. The van der Waals surface area contributed by atoms with Crippen LogP contribution in [0.15, 0.2) is 34.5 Å². The van der Waals surface area contributed by atoms with E-state index in [0.29, 0.717) is 29.9 Å². The normalized spacial score (nSPS) is 16.6. The van der Waals surface area contributed by atoms with Crippen LogP contribution in [0.4, 0.5) is 5.13 Å². The number of anilines is 1. The second kappa shape index (κ2) is 9.29. The number of ether oxygens (including phenoxy) is 1. The number of morpholine rings is 1. The summed E-state index contributed by atoms with van der Waals surface area (Å²) in [6.07, 6.45) is 0. The molecule has 0 spiro atoms. The van der Waals surface area contributed by atoms with Gasteiger partial charge in [-0.15, -0.1) is 11.3 Å². The Morgan fingerprint density at radius 3 is 2.68 bits per heavy atom. The summed E-state index contributed by atoms with van der Waals surface area (Å²) in [6, 6.07) is 4.76. The van der Waals surface area contributed by atoms with E-state index < -0.39 is 22.0 Å². The first-order valence-electron chi connectivity index (χ1n) is 8.67. The minimum Gasteiger partial charge on any atom is -0.379 e. The van der Waals surface area contributed by atoms with Gasteiger partial charge in [0.2, 0.25) is 15.9 Å². The summed E-state index contributed by atoms with van der Waals surface area (Å²) >= 11 is 7.08. The first-order chi connectivity index (χ1) is 13.3. The molecule has 0 unspecified atom stereocenters. The highest BCUT2D eigenvalue weighted by Crippen LogP contribution is 2.18. The molecule has 1 aromatic heterocycles. The van der Waals surface area contributed by atoms with Crippen molar-refractivity contribution in [1.82, 2.24) is 14.6 Å². The largest absolute Gasteiger partial charge is 0.379 e. The van der Waals surface area contributed by atoms with Gasteiger partial charge >= 0.3 is 0 Å². The molecule has 2 heterocycles. The van der Waals surface area contributed by atoms with Gasteiger partial charge in [0.15, 0.2) is 5.13 Å². The molecule has 0 saturated carbocycles. The van der Waals surface area contributed by atoms with E-state index in [1.807, 2.05) is 5.38 Å². The summed E-state index contributed by atoms with van der Waals surface area (Å²) in [6.45, 7) is 5.28. The van der Waals surface area contributed by atoms with Gasteiger partial charge in [-0.3, -0.25) is 9.69 Å². The van der Waals surface area contributed by atoms with Crippen LogP contribution >= 0.6 is 22.9 Å². The Balaban J connectivity index is 1.56. The smallest absolute Gasteiger partial charge is 0.244 e. The molecule has 28 heavy (non-hydrogen) atoms. The Hall–Kier alpha value is -1.56. The zero-order chi connectivity index (χ0) is 20.1. The van der Waals surface area contributed by atoms with E-state index in [1.54, 1.807) is 0 Å². The maximum atomic E-state index is 12.4. The van der Waals surface area contributed by atoms with Crippen molar-refractivity contribution in [3.63, 3.8) is 0 Å². The van der Waals surface area contributed by atoms with Crippen LogP contribution in [0.5, 0.6) is 0 Å². The fraction of sp³-hybridized carbons (Fsp3) is 0.412. The van der Waals surface area contributed by atoms with Crippen LogP contribution in [0.2, 0.25) is 5.02 Å². The molecule has 1 atom stereocenters. The van der Waals surface area contributed by atoms with Crippen LogP contribution in [-0.2, 0) is 26.1 Å². The highest BCUT2D eigenvalue weighted by molar-refractivity contribution is 7.89. The lowest BCUT2D eigenvalue weighted by Gasteiger charge is -2.25. The second-order valence-corrected chi connectivity index (χ2v) is 9.33. The quantitative estimate of drug-likeness (QED) is 0.676. The lowest BCUT2D eigenvalue weighted by atomic mass is 10.3. The van der Waals surface area contributed by atoms with E-state index in [2.05, 4.69) is 19.9 Å². The minimum absolute atomic E-state index is 0.0404. The van der Waals surface area contributed by atoms with Crippen molar-refractivity contribution in [2.75, 3.05) is 31.6 Å². The lowest BCUT2D eigenvalue weighted by Crippen LogP contribution is -2.41. The SMILES string of the molecule is C[C@H](NS(=O)(=O)c1ccc(Cl)cc1)C(=O)Nc1nc(CN2CCOCC2)cs1. The number of nitrogens with zero attached hydrogens (tertiary/aromatic N) is 2. The van der Waals surface area contributed by atoms with Gasteiger partial charge in [-0.1, -0.05) is 11.6 Å². The van der Waals surface area contributed by atoms with Gasteiger partial charge in [0.1, 0.15) is 0 Å². The Morgan fingerprint density at radius 1 is 1.32 bits per heavy atom. The maximum Gasteiger partial charge on any atom is 0.244 e. The third kappa shape index (κ3) is 5.72. The standard InChI is InChI=1S/C17H21ClN4O4S2/c1-12(21-28(24,25)15-4-2-13(18)3-5-15)16(23)20-17-19-14(11-27-17)10-22-6-8-26-9-7-22/h2-5,11-12,21H,6-10H2,1H3,(H,19,20,23)/t12-/m0/s1. The number of benzene rings is 1. The van der Waals surface area contributed by atoms with Gasteiger partial charge in [-0.25, -0.2) is 13.4 Å². The van der Waals surface area contributed by atoms with E-state index in [0.717, 1.165) is 18.8 Å². The van der Waals surface area contributed by atoms with Gasteiger partial charge in [-0.2, -0.15) is 4.72 Å². The molecule has 0 aliphatic carbocycles. The molecular weight excluding hydrogens is 424 g/mol. The van der Waals surface area contributed by atoms with Crippen molar-refractivity contribution < 1.29 is 17.9 Å². The van der Waals surface area contributed by atoms with Crippen molar-refractivity contribution in [2.24, 2.45) is 0 Å². The Labute approximate surface area is 172 Å². The first-order valence-corrected chi connectivity index (χ1v) is 11.4. The van der Waals surface area contributed by atoms with Crippen molar-refractivity contribution in [3.05, 3.63) is 40.4 Å². The number of hydrogen-bond donors (Lipinski definition) is 2. The number of carbonyl (C=O) groups excluding carboxylic acids is 1. The molecule has 1 fully saturated rings. The Kier molecular flexibility index (Phi) is 7.02. The van der Waals surface area contributed by atoms with E-state index in [9.17, 15) is 13.2 Å². The summed E-state index contributed by atoms with van der Waals surface area (Å²) in [4.78, 5) is 19.0. The van der Waals surface area contributed by atoms with E-state index in [1.165, 1.54) is 42.5 Å². The molecule has 11 heteroatoms. The molecule has 1 amide bonds. The minimum atomic E-state index is -3.83. The zero-order valence-corrected chi connectivity index (χ0v) is 17.6.